The fourth-order valence-corrected chi connectivity index (χ4v) is 4.43. The molecule has 3 heteroatoms. The molecule has 0 radical (unpaired) electrons. The van der Waals surface area contributed by atoms with Gasteiger partial charge in [0.1, 0.15) is 0 Å². The average Bonchev–Trinajstić information content (AvgIpc) is 2.69. The zero-order valence-electron chi connectivity index (χ0n) is 16.6. The molecule has 1 aliphatic rings. The SMILES string of the molecule is Cc1ccccc1N1CCCc2ccc(-c3cccc(C(=O)O)c3C)c(C)c21. The van der Waals surface area contributed by atoms with Gasteiger partial charge in [0.2, 0.25) is 0 Å². The molecule has 0 atom stereocenters. The summed E-state index contributed by atoms with van der Waals surface area (Å²) >= 11 is 0. The summed E-state index contributed by atoms with van der Waals surface area (Å²) in [6.07, 6.45) is 2.21. The van der Waals surface area contributed by atoms with Crippen LogP contribution in [0.15, 0.2) is 54.6 Å². The van der Waals surface area contributed by atoms with E-state index < -0.39 is 5.97 Å². The van der Waals surface area contributed by atoms with E-state index in [1.807, 2.05) is 19.1 Å². The Morgan fingerprint density at radius 3 is 2.39 bits per heavy atom. The van der Waals surface area contributed by atoms with Crippen molar-refractivity contribution in [2.45, 2.75) is 33.6 Å². The fraction of sp³-hybridized carbons (Fsp3) is 0.240. The van der Waals surface area contributed by atoms with Crippen molar-refractivity contribution in [3.05, 3.63) is 82.4 Å². The summed E-state index contributed by atoms with van der Waals surface area (Å²) in [6.45, 7) is 7.22. The molecule has 0 fully saturated rings. The Morgan fingerprint density at radius 1 is 0.893 bits per heavy atom. The topological polar surface area (TPSA) is 40.5 Å². The van der Waals surface area contributed by atoms with Crippen LogP contribution < -0.4 is 4.90 Å². The molecular weight excluding hydrogens is 346 g/mol. The van der Waals surface area contributed by atoms with Crippen LogP contribution in [-0.4, -0.2) is 17.6 Å². The molecule has 4 rings (SSSR count). The Balaban J connectivity index is 1.91. The summed E-state index contributed by atoms with van der Waals surface area (Å²) in [5.41, 5.74) is 9.66. The monoisotopic (exact) mass is 371 g/mol. The zero-order chi connectivity index (χ0) is 19.8. The Labute approximate surface area is 166 Å². The molecule has 0 saturated heterocycles. The normalized spacial score (nSPS) is 13.3. The zero-order valence-corrected chi connectivity index (χ0v) is 16.6. The van der Waals surface area contributed by atoms with Crippen molar-refractivity contribution in [3.8, 4) is 11.1 Å². The maximum absolute atomic E-state index is 11.6. The highest BCUT2D eigenvalue weighted by Crippen LogP contribution is 2.42. The third-order valence-electron chi connectivity index (χ3n) is 5.87. The highest BCUT2D eigenvalue weighted by atomic mass is 16.4. The molecule has 1 N–H and O–H groups in total. The standard InChI is InChI=1S/C25H25NO2/c1-16-8-4-5-12-23(16)26-15-7-9-19-13-14-21(18(3)24(19)26)20-10-6-11-22(17(20)2)25(27)28/h4-6,8,10-14H,7,9,15H2,1-3H3,(H,27,28). The number of carboxylic acid groups (broad SMARTS) is 1. The summed E-state index contributed by atoms with van der Waals surface area (Å²) in [7, 11) is 0. The minimum absolute atomic E-state index is 0.366. The third kappa shape index (κ3) is 2.97. The van der Waals surface area contributed by atoms with Crippen molar-refractivity contribution < 1.29 is 9.90 Å². The largest absolute Gasteiger partial charge is 0.478 e. The Hall–Kier alpha value is -3.07. The molecule has 3 aromatic carbocycles. The number of benzene rings is 3. The summed E-state index contributed by atoms with van der Waals surface area (Å²) in [5.74, 6) is -0.878. The number of hydrogen-bond acceptors (Lipinski definition) is 2. The number of rotatable bonds is 3. The van der Waals surface area contributed by atoms with Crippen molar-refractivity contribution in [3.63, 3.8) is 0 Å². The Morgan fingerprint density at radius 2 is 1.64 bits per heavy atom. The molecule has 0 unspecified atom stereocenters. The first-order valence-corrected chi connectivity index (χ1v) is 9.78. The highest BCUT2D eigenvalue weighted by Gasteiger charge is 2.24. The molecule has 0 spiro atoms. The van der Waals surface area contributed by atoms with Gasteiger partial charge in [-0.25, -0.2) is 4.79 Å². The summed E-state index contributed by atoms with van der Waals surface area (Å²) in [4.78, 5) is 14.0. The van der Waals surface area contributed by atoms with E-state index in [9.17, 15) is 9.90 Å². The van der Waals surface area contributed by atoms with Gasteiger partial charge in [0.25, 0.3) is 0 Å². The van der Waals surface area contributed by atoms with Crippen molar-refractivity contribution in [2.24, 2.45) is 0 Å². The second-order valence-corrected chi connectivity index (χ2v) is 7.57. The van der Waals surface area contributed by atoms with Crippen molar-refractivity contribution in [2.75, 3.05) is 11.4 Å². The number of fused-ring (bicyclic) bond motifs is 1. The van der Waals surface area contributed by atoms with E-state index in [1.54, 1.807) is 6.07 Å². The predicted molar refractivity (Wildman–Crippen MR) is 115 cm³/mol. The van der Waals surface area contributed by atoms with Gasteiger partial charge in [-0.2, -0.15) is 0 Å². The lowest BCUT2D eigenvalue weighted by atomic mass is 9.88. The van der Waals surface area contributed by atoms with Crippen LogP contribution in [0.4, 0.5) is 11.4 Å². The van der Waals surface area contributed by atoms with E-state index in [4.69, 9.17) is 0 Å². The average molecular weight is 371 g/mol. The lowest BCUT2D eigenvalue weighted by Crippen LogP contribution is -2.26. The molecule has 28 heavy (non-hydrogen) atoms. The lowest BCUT2D eigenvalue weighted by Gasteiger charge is -2.35. The van der Waals surface area contributed by atoms with Crippen molar-refractivity contribution in [1.82, 2.24) is 0 Å². The molecule has 0 bridgehead atoms. The number of anilines is 2. The molecule has 3 nitrogen and oxygen atoms in total. The summed E-state index contributed by atoms with van der Waals surface area (Å²) < 4.78 is 0. The maximum atomic E-state index is 11.6. The van der Waals surface area contributed by atoms with Crippen LogP contribution in [0.1, 0.15) is 39.0 Å². The Bertz CT molecular complexity index is 1070. The number of aromatic carboxylic acids is 1. The molecule has 1 heterocycles. The predicted octanol–water partition coefficient (Wildman–Crippen LogP) is 6.06. The number of aryl methyl sites for hydroxylation is 2. The van der Waals surface area contributed by atoms with E-state index in [2.05, 4.69) is 55.1 Å². The van der Waals surface area contributed by atoms with Crippen LogP contribution in [0.25, 0.3) is 11.1 Å². The Kier molecular flexibility index (Phi) is 4.68. The first-order valence-electron chi connectivity index (χ1n) is 9.78. The molecule has 3 aromatic rings. The molecule has 0 amide bonds. The van der Waals surface area contributed by atoms with Crippen LogP contribution in [0.3, 0.4) is 0 Å². The smallest absolute Gasteiger partial charge is 0.335 e. The van der Waals surface area contributed by atoms with Gasteiger partial charge in [-0.1, -0.05) is 42.5 Å². The number of hydrogen-bond donors (Lipinski definition) is 1. The minimum Gasteiger partial charge on any atom is -0.478 e. The molecule has 0 aromatic heterocycles. The van der Waals surface area contributed by atoms with Gasteiger partial charge in [0.05, 0.1) is 5.56 Å². The quantitative estimate of drug-likeness (QED) is 0.608. The van der Waals surface area contributed by atoms with Gasteiger partial charge in [-0.05, 0) is 79.1 Å². The van der Waals surface area contributed by atoms with Crippen LogP contribution in [0.2, 0.25) is 0 Å². The third-order valence-corrected chi connectivity index (χ3v) is 5.87. The van der Waals surface area contributed by atoms with Crippen LogP contribution in [-0.2, 0) is 6.42 Å². The van der Waals surface area contributed by atoms with E-state index in [0.29, 0.717) is 5.56 Å². The summed E-state index contributed by atoms with van der Waals surface area (Å²) in [5, 5.41) is 9.51. The van der Waals surface area contributed by atoms with Gasteiger partial charge >= 0.3 is 5.97 Å². The van der Waals surface area contributed by atoms with Crippen molar-refractivity contribution >= 4 is 17.3 Å². The number of carboxylic acids is 1. The molecule has 0 aliphatic carbocycles. The maximum Gasteiger partial charge on any atom is 0.335 e. The number of nitrogens with zero attached hydrogens (tertiary/aromatic N) is 1. The van der Waals surface area contributed by atoms with E-state index in [1.165, 1.54) is 28.1 Å². The molecule has 142 valence electrons. The van der Waals surface area contributed by atoms with Gasteiger partial charge in [-0.15, -0.1) is 0 Å². The number of para-hydroxylation sites is 1. The fourth-order valence-electron chi connectivity index (χ4n) is 4.43. The minimum atomic E-state index is -0.878. The first kappa shape index (κ1) is 18.3. The van der Waals surface area contributed by atoms with Gasteiger partial charge in [-0.3, -0.25) is 0 Å². The van der Waals surface area contributed by atoms with E-state index in [-0.39, 0.29) is 0 Å². The first-order chi connectivity index (χ1) is 13.5. The second kappa shape index (κ2) is 7.16. The molecular formula is C25H25NO2. The van der Waals surface area contributed by atoms with Crippen LogP contribution in [0, 0.1) is 20.8 Å². The van der Waals surface area contributed by atoms with Crippen molar-refractivity contribution in [1.29, 1.82) is 0 Å². The highest BCUT2D eigenvalue weighted by molar-refractivity contribution is 5.93. The van der Waals surface area contributed by atoms with Crippen LogP contribution in [0.5, 0.6) is 0 Å². The number of carbonyl (C=O) groups is 1. The van der Waals surface area contributed by atoms with Gasteiger partial charge in [0.15, 0.2) is 0 Å². The lowest BCUT2D eigenvalue weighted by molar-refractivity contribution is 0.0696. The van der Waals surface area contributed by atoms with Gasteiger partial charge in [0, 0.05) is 17.9 Å². The van der Waals surface area contributed by atoms with Gasteiger partial charge < -0.3 is 10.0 Å². The van der Waals surface area contributed by atoms with E-state index >= 15 is 0 Å². The molecule has 0 saturated carbocycles. The van der Waals surface area contributed by atoms with E-state index in [0.717, 1.165) is 36.1 Å². The second-order valence-electron chi connectivity index (χ2n) is 7.57. The summed E-state index contributed by atoms with van der Waals surface area (Å²) in [6, 6.07) is 18.4. The van der Waals surface area contributed by atoms with Crippen LogP contribution >= 0.6 is 0 Å². The molecule has 1 aliphatic heterocycles.